The van der Waals surface area contributed by atoms with Crippen LogP contribution < -0.4 is 0 Å². The average Bonchev–Trinajstić information content (AvgIpc) is 3.12. The molecule has 2 rings (SSSR count). The Morgan fingerprint density at radius 2 is 1.27 bits per heavy atom. The summed E-state index contributed by atoms with van der Waals surface area (Å²) in [7, 11) is 0. The number of amides is 2. The largest absolute Gasteiger partial charge is 0.465 e. The summed E-state index contributed by atoms with van der Waals surface area (Å²) >= 11 is 0. The molecule has 0 bridgehead atoms. The maximum absolute atomic E-state index is 12.2. The van der Waals surface area contributed by atoms with Gasteiger partial charge in [-0.05, 0) is 75.2 Å². The number of carbonyl (C=O) groups is 6. The van der Waals surface area contributed by atoms with Crippen molar-refractivity contribution in [1.82, 2.24) is 9.80 Å². The number of carbonyl (C=O) groups excluding carboxylic acids is 6. The molecule has 2 atom stereocenters. The molecule has 0 aromatic rings. The third kappa shape index (κ3) is 11.7. The van der Waals surface area contributed by atoms with E-state index in [0.717, 1.165) is 0 Å². The van der Waals surface area contributed by atoms with Gasteiger partial charge in [0.1, 0.15) is 28.3 Å². The molecule has 12 nitrogen and oxygen atoms in total. The van der Waals surface area contributed by atoms with Crippen molar-refractivity contribution >= 4 is 35.7 Å². The fourth-order valence-electron chi connectivity index (χ4n) is 4.12. The summed E-state index contributed by atoms with van der Waals surface area (Å²) < 4.78 is 20.5. The van der Waals surface area contributed by atoms with Gasteiger partial charge in [0.05, 0.1) is 13.2 Å². The first-order valence-electron chi connectivity index (χ1n) is 14.2. The molecule has 2 aliphatic heterocycles. The van der Waals surface area contributed by atoms with Crippen LogP contribution in [0.15, 0.2) is 0 Å². The van der Waals surface area contributed by atoms with Crippen molar-refractivity contribution in [2.45, 2.75) is 99.2 Å². The van der Waals surface area contributed by atoms with Crippen LogP contribution in [0.3, 0.4) is 0 Å². The molecule has 0 aliphatic carbocycles. The van der Waals surface area contributed by atoms with Crippen molar-refractivity contribution < 1.29 is 47.7 Å². The van der Waals surface area contributed by atoms with Crippen LogP contribution in [-0.2, 0) is 38.1 Å². The lowest BCUT2D eigenvalue weighted by Gasteiger charge is -2.27. The van der Waals surface area contributed by atoms with Crippen molar-refractivity contribution in [1.29, 1.82) is 0 Å². The molecule has 0 spiro atoms. The minimum Gasteiger partial charge on any atom is -0.465 e. The molecule has 0 saturated carbocycles. The highest BCUT2D eigenvalue weighted by atomic mass is 16.6. The molecule has 2 saturated heterocycles. The molecule has 2 heterocycles. The number of hydrogen-bond donors (Lipinski definition) is 0. The van der Waals surface area contributed by atoms with Gasteiger partial charge in [-0.25, -0.2) is 9.59 Å². The van der Waals surface area contributed by atoms with Crippen molar-refractivity contribution in [3.05, 3.63) is 0 Å². The van der Waals surface area contributed by atoms with Crippen molar-refractivity contribution in [2.75, 3.05) is 39.4 Å². The minimum absolute atomic E-state index is 0.133. The van der Waals surface area contributed by atoms with E-state index in [2.05, 4.69) is 0 Å². The first kappa shape index (κ1) is 35.8. The molecule has 41 heavy (non-hydrogen) atoms. The Bertz CT molecular complexity index is 966. The zero-order valence-corrected chi connectivity index (χ0v) is 26.1. The lowest BCUT2D eigenvalue weighted by atomic mass is 9.82. The fraction of sp³-hybridized carbons (Fsp3) is 0.793. The van der Waals surface area contributed by atoms with Crippen LogP contribution in [-0.4, -0.2) is 96.1 Å². The highest BCUT2D eigenvalue weighted by Gasteiger charge is 2.44. The van der Waals surface area contributed by atoms with Gasteiger partial charge in [-0.3, -0.25) is 19.2 Å². The standard InChI is InChI=1S/C15H25NO5.C14H23NO5/c1-6-20-12(18)15(5)8-10-16(9-7-11(15)17)13(19)21-14(2,3)4;1-5-19-12(17)10-6-8-15(9-7-11(10)16)13(18)20-14(2,3)4/h6-10H2,1-5H3;10H,5-9H2,1-4H3. The second kappa shape index (κ2) is 15.2. The van der Waals surface area contributed by atoms with Crippen LogP contribution >= 0.6 is 0 Å². The van der Waals surface area contributed by atoms with Crippen LogP contribution in [0.4, 0.5) is 9.59 Å². The van der Waals surface area contributed by atoms with E-state index >= 15 is 0 Å². The van der Waals surface area contributed by atoms with Crippen LogP contribution in [0.5, 0.6) is 0 Å². The Kier molecular flexibility index (Phi) is 13.3. The maximum Gasteiger partial charge on any atom is 0.410 e. The Morgan fingerprint density at radius 3 is 1.76 bits per heavy atom. The van der Waals surface area contributed by atoms with Gasteiger partial charge in [-0.2, -0.15) is 0 Å². The summed E-state index contributed by atoms with van der Waals surface area (Å²) in [6, 6.07) is 0. The molecule has 2 amide bonds. The number of nitrogens with zero attached hydrogens (tertiary/aromatic N) is 2. The minimum atomic E-state index is -1.17. The number of Topliss-reactive ketones (excluding diaryl/α,β-unsaturated/α-hetero) is 2. The van der Waals surface area contributed by atoms with Gasteiger partial charge < -0.3 is 28.7 Å². The third-order valence-corrected chi connectivity index (χ3v) is 6.41. The van der Waals surface area contributed by atoms with E-state index in [4.69, 9.17) is 18.9 Å². The van der Waals surface area contributed by atoms with Crippen LogP contribution in [0.25, 0.3) is 0 Å². The van der Waals surface area contributed by atoms with Gasteiger partial charge in [-0.15, -0.1) is 0 Å². The lowest BCUT2D eigenvalue weighted by molar-refractivity contribution is -0.159. The van der Waals surface area contributed by atoms with Crippen molar-refractivity contribution in [3.8, 4) is 0 Å². The van der Waals surface area contributed by atoms with E-state index in [0.29, 0.717) is 13.1 Å². The Morgan fingerprint density at radius 1 is 0.780 bits per heavy atom. The molecule has 234 valence electrons. The summed E-state index contributed by atoms with van der Waals surface area (Å²) in [5.74, 6) is -2.13. The molecule has 0 aromatic heterocycles. The van der Waals surface area contributed by atoms with Crippen molar-refractivity contribution in [3.63, 3.8) is 0 Å². The zero-order valence-electron chi connectivity index (χ0n) is 26.1. The number of esters is 2. The number of ether oxygens (including phenoxy) is 4. The zero-order chi connectivity index (χ0) is 31.6. The molecule has 12 heteroatoms. The lowest BCUT2D eigenvalue weighted by Crippen LogP contribution is -2.39. The Balaban J connectivity index is 0.000000410. The highest BCUT2D eigenvalue weighted by molar-refractivity contribution is 6.03. The van der Waals surface area contributed by atoms with E-state index < -0.39 is 46.7 Å². The summed E-state index contributed by atoms with van der Waals surface area (Å²) in [5, 5.41) is 0. The molecule has 0 aromatic carbocycles. The molecule has 0 radical (unpaired) electrons. The predicted molar refractivity (Wildman–Crippen MR) is 149 cm³/mol. The van der Waals surface area contributed by atoms with E-state index in [1.807, 2.05) is 0 Å². The Hall–Kier alpha value is -3.18. The van der Waals surface area contributed by atoms with E-state index in [-0.39, 0.29) is 63.6 Å². The average molecular weight is 585 g/mol. The van der Waals surface area contributed by atoms with Gasteiger partial charge >= 0.3 is 24.1 Å². The van der Waals surface area contributed by atoms with Crippen LogP contribution in [0.2, 0.25) is 0 Å². The molecular weight excluding hydrogens is 536 g/mol. The molecule has 0 N–H and O–H groups in total. The molecular formula is C29H48N2O10. The second-order valence-electron chi connectivity index (χ2n) is 12.2. The first-order valence-corrected chi connectivity index (χ1v) is 14.2. The fourth-order valence-corrected chi connectivity index (χ4v) is 4.12. The predicted octanol–water partition coefficient (Wildman–Crippen LogP) is 3.92. The van der Waals surface area contributed by atoms with E-state index in [1.165, 1.54) is 9.80 Å². The monoisotopic (exact) mass is 584 g/mol. The maximum atomic E-state index is 12.2. The van der Waals surface area contributed by atoms with Gasteiger partial charge in [0.15, 0.2) is 5.78 Å². The number of likely N-dealkylation sites (tertiary alicyclic amines) is 2. The normalized spacial score (nSPS) is 21.9. The quantitative estimate of drug-likeness (QED) is 0.271. The van der Waals surface area contributed by atoms with E-state index in [9.17, 15) is 28.8 Å². The van der Waals surface area contributed by atoms with Gasteiger partial charge in [-0.1, -0.05) is 0 Å². The third-order valence-electron chi connectivity index (χ3n) is 6.41. The van der Waals surface area contributed by atoms with Crippen LogP contribution in [0, 0.1) is 11.3 Å². The first-order chi connectivity index (χ1) is 18.8. The molecule has 2 unspecified atom stereocenters. The Labute approximate surface area is 243 Å². The summed E-state index contributed by atoms with van der Waals surface area (Å²) in [4.78, 5) is 74.8. The smallest absolute Gasteiger partial charge is 0.410 e. The molecule has 2 fully saturated rings. The topological polar surface area (TPSA) is 146 Å². The second-order valence-corrected chi connectivity index (χ2v) is 12.2. The highest BCUT2D eigenvalue weighted by Crippen LogP contribution is 2.30. The number of hydrogen-bond acceptors (Lipinski definition) is 10. The molecule has 2 aliphatic rings. The number of ketones is 2. The van der Waals surface area contributed by atoms with Gasteiger partial charge in [0.25, 0.3) is 0 Å². The van der Waals surface area contributed by atoms with E-state index in [1.54, 1.807) is 62.3 Å². The summed E-state index contributed by atoms with van der Waals surface area (Å²) in [6.45, 7) is 17.4. The summed E-state index contributed by atoms with van der Waals surface area (Å²) in [5.41, 5.74) is -2.33. The number of rotatable bonds is 4. The van der Waals surface area contributed by atoms with Gasteiger partial charge in [0, 0.05) is 39.0 Å². The van der Waals surface area contributed by atoms with Gasteiger partial charge in [0.2, 0.25) is 0 Å². The summed E-state index contributed by atoms with van der Waals surface area (Å²) in [6.07, 6.45) is -0.0730. The van der Waals surface area contributed by atoms with Crippen molar-refractivity contribution in [2.24, 2.45) is 11.3 Å². The van der Waals surface area contributed by atoms with Crippen LogP contribution in [0.1, 0.15) is 88.0 Å². The SMILES string of the molecule is CCOC(=O)C1(C)CCN(C(=O)OC(C)(C)C)CCC1=O.CCOC(=O)C1CCN(C(=O)OC(C)(C)C)CCC1=O.